The van der Waals surface area contributed by atoms with Crippen LogP contribution in [0.25, 0.3) is 0 Å². The molecule has 0 aliphatic carbocycles. The van der Waals surface area contributed by atoms with Crippen molar-refractivity contribution in [2.75, 3.05) is 11.9 Å². The van der Waals surface area contributed by atoms with E-state index in [4.69, 9.17) is 5.73 Å². The summed E-state index contributed by atoms with van der Waals surface area (Å²) in [5.74, 6) is 1.08. The average molecular weight is 222 g/mol. The summed E-state index contributed by atoms with van der Waals surface area (Å²) in [5, 5.41) is 3.17. The van der Waals surface area contributed by atoms with E-state index in [-0.39, 0.29) is 5.54 Å². The predicted molar refractivity (Wildman–Crippen MR) is 67.6 cm³/mol. The summed E-state index contributed by atoms with van der Waals surface area (Å²) in [5.41, 5.74) is 7.68. The third-order valence-corrected chi connectivity index (χ3v) is 2.17. The number of hydrogen-bond donors (Lipinski definition) is 2. The molecule has 0 unspecified atom stereocenters. The normalized spacial score (nSPS) is 11.9. The lowest BCUT2D eigenvalue weighted by atomic mass is 10.1. The van der Waals surface area contributed by atoms with Crippen LogP contribution in [0, 0.1) is 6.92 Å². The summed E-state index contributed by atoms with van der Waals surface area (Å²) < 4.78 is 0. The molecule has 4 heteroatoms. The molecule has 0 fully saturated rings. The first-order valence-corrected chi connectivity index (χ1v) is 5.66. The monoisotopic (exact) mass is 222 g/mol. The van der Waals surface area contributed by atoms with E-state index in [0.717, 1.165) is 11.4 Å². The SMILES string of the molecule is Cc1cc(C(C)C)nc(NCC(C)(C)N)n1. The van der Waals surface area contributed by atoms with E-state index in [9.17, 15) is 0 Å². The summed E-state index contributed by atoms with van der Waals surface area (Å²) in [7, 11) is 0. The van der Waals surface area contributed by atoms with Gasteiger partial charge < -0.3 is 11.1 Å². The molecule has 0 atom stereocenters. The number of nitrogens with one attached hydrogen (secondary N) is 1. The Bertz CT molecular complexity index is 353. The molecule has 0 aromatic carbocycles. The van der Waals surface area contributed by atoms with Gasteiger partial charge in [0.1, 0.15) is 0 Å². The van der Waals surface area contributed by atoms with E-state index in [2.05, 4.69) is 29.1 Å². The van der Waals surface area contributed by atoms with Gasteiger partial charge in [-0.15, -0.1) is 0 Å². The quantitative estimate of drug-likeness (QED) is 0.818. The summed E-state index contributed by atoms with van der Waals surface area (Å²) in [6, 6.07) is 2.02. The minimum atomic E-state index is -0.259. The molecule has 0 aliphatic rings. The van der Waals surface area contributed by atoms with Crippen molar-refractivity contribution in [3.8, 4) is 0 Å². The topological polar surface area (TPSA) is 63.8 Å². The van der Waals surface area contributed by atoms with Crippen molar-refractivity contribution < 1.29 is 0 Å². The highest BCUT2D eigenvalue weighted by Gasteiger charge is 2.11. The Kier molecular flexibility index (Phi) is 3.86. The lowest BCUT2D eigenvalue weighted by Crippen LogP contribution is -2.40. The third-order valence-electron chi connectivity index (χ3n) is 2.17. The first-order chi connectivity index (χ1) is 7.28. The van der Waals surface area contributed by atoms with Gasteiger partial charge in [-0.1, -0.05) is 13.8 Å². The van der Waals surface area contributed by atoms with Crippen LogP contribution in [0.5, 0.6) is 0 Å². The Labute approximate surface area is 97.7 Å². The van der Waals surface area contributed by atoms with Gasteiger partial charge in [0.2, 0.25) is 5.95 Å². The standard InChI is InChI=1S/C12H22N4/c1-8(2)10-6-9(3)15-11(16-10)14-7-12(4,5)13/h6,8H,7,13H2,1-5H3,(H,14,15,16). The maximum absolute atomic E-state index is 5.90. The number of nitrogens with two attached hydrogens (primary N) is 1. The second-order valence-corrected chi connectivity index (χ2v) is 5.25. The molecule has 0 aliphatic heterocycles. The van der Waals surface area contributed by atoms with Gasteiger partial charge in [-0.05, 0) is 32.8 Å². The summed E-state index contributed by atoms with van der Waals surface area (Å²) in [6.45, 7) is 10.8. The zero-order chi connectivity index (χ0) is 12.3. The summed E-state index contributed by atoms with van der Waals surface area (Å²) in [4.78, 5) is 8.80. The number of anilines is 1. The Morgan fingerprint density at radius 2 is 2.00 bits per heavy atom. The van der Waals surface area contributed by atoms with Crippen LogP contribution in [-0.2, 0) is 0 Å². The van der Waals surface area contributed by atoms with Crippen LogP contribution < -0.4 is 11.1 Å². The fourth-order valence-electron chi connectivity index (χ4n) is 1.27. The molecule has 0 saturated carbocycles. The fourth-order valence-corrected chi connectivity index (χ4v) is 1.27. The van der Waals surface area contributed by atoms with E-state index in [1.165, 1.54) is 0 Å². The molecule has 0 saturated heterocycles. The van der Waals surface area contributed by atoms with Crippen molar-refractivity contribution in [1.29, 1.82) is 0 Å². The van der Waals surface area contributed by atoms with Crippen LogP contribution in [-0.4, -0.2) is 22.1 Å². The minimum Gasteiger partial charge on any atom is -0.352 e. The van der Waals surface area contributed by atoms with Crippen molar-refractivity contribution in [1.82, 2.24) is 9.97 Å². The molecule has 1 aromatic rings. The van der Waals surface area contributed by atoms with E-state index in [1.54, 1.807) is 0 Å². The van der Waals surface area contributed by atoms with Crippen molar-refractivity contribution in [2.24, 2.45) is 5.73 Å². The molecule has 0 amide bonds. The zero-order valence-corrected chi connectivity index (χ0v) is 10.8. The molecule has 0 radical (unpaired) electrons. The number of aromatic nitrogens is 2. The van der Waals surface area contributed by atoms with Crippen LogP contribution in [0.2, 0.25) is 0 Å². The van der Waals surface area contributed by atoms with Gasteiger partial charge >= 0.3 is 0 Å². The number of hydrogen-bond acceptors (Lipinski definition) is 4. The maximum Gasteiger partial charge on any atom is 0.223 e. The highest BCUT2D eigenvalue weighted by molar-refractivity contribution is 5.29. The predicted octanol–water partition coefficient (Wildman–Crippen LogP) is 2.06. The molecule has 3 N–H and O–H groups in total. The van der Waals surface area contributed by atoms with Crippen LogP contribution in [0.3, 0.4) is 0 Å². The first-order valence-electron chi connectivity index (χ1n) is 5.66. The van der Waals surface area contributed by atoms with Gasteiger partial charge in [-0.2, -0.15) is 0 Å². The van der Waals surface area contributed by atoms with Gasteiger partial charge in [0.15, 0.2) is 0 Å². The summed E-state index contributed by atoms with van der Waals surface area (Å²) in [6.07, 6.45) is 0. The molecular formula is C12H22N4. The lowest BCUT2D eigenvalue weighted by Gasteiger charge is -2.19. The van der Waals surface area contributed by atoms with E-state index in [0.29, 0.717) is 18.4 Å². The Morgan fingerprint density at radius 1 is 1.38 bits per heavy atom. The Morgan fingerprint density at radius 3 is 2.50 bits per heavy atom. The summed E-state index contributed by atoms with van der Waals surface area (Å²) >= 11 is 0. The van der Waals surface area contributed by atoms with Crippen LogP contribution in [0.4, 0.5) is 5.95 Å². The van der Waals surface area contributed by atoms with Crippen molar-refractivity contribution in [3.05, 3.63) is 17.5 Å². The average Bonchev–Trinajstić information content (AvgIpc) is 2.13. The highest BCUT2D eigenvalue weighted by atomic mass is 15.1. The van der Waals surface area contributed by atoms with Gasteiger partial charge in [0.25, 0.3) is 0 Å². The van der Waals surface area contributed by atoms with E-state index >= 15 is 0 Å². The van der Waals surface area contributed by atoms with Crippen molar-refractivity contribution in [3.63, 3.8) is 0 Å². The smallest absolute Gasteiger partial charge is 0.223 e. The molecular weight excluding hydrogens is 200 g/mol. The number of rotatable bonds is 4. The number of aryl methyl sites for hydroxylation is 1. The van der Waals surface area contributed by atoms with Gasteiger partial charge in [-0.25, -0.2) is 9.97 Å². The van der Waals surface area contributed by atoms with E-state index in [1.807, 2.05) is 26.8 Å². The largest absolute Gasteiger partial charge is 0.352 e. The molecule has 0 bridgehead atoms. The molecule has 4 nitrogen and oxygen atoms in total. The van der Waals surface area contributed by atoms with Gasteiger partial charge in [-0.3, -0.25) is 0 Å². The van der Waals surface area contributed by atoms with Crippen molar-refractivity contribution in [2.45, 2.75) is 46.1 Å². The van der Waals surface area contributed by atoms with Crippen LogP contribution >= 0.6 is 0 Å². The molecule has 16 heavy (non-hydrogen) atoms. The molecule has 1 heterocycles. The highest BCUT2D eigenvalue weighted by Crippen LogP contribution is 2.14. The van der Waals surface area contributed by atoms with Crippen molar-refractivity contribution >= 4 is 5.95 Å². The molecule has 1 aromatic heterocycles. The van der Waals surface area contributed by atoms with Crippen LogP contribution in [0.15, 0.2) is 6.07 Å². The second kappa shape index (κ2) is 4.78. The zero-order valence-electron chi connectivity index (χ0n) is 10.8. The Balaban J connectivity index is 2.81. The van der Waals surface area contributed by atoms with Crippen LogP contribution in [0.1, 0.15) is 45.0 Å². The number of nitrogens with zero attached hydrogens (tertiary/aromatic N) is 2. The molecule has 1 rings (SSSR count). The lowest BCUT2D eigenvalue weighted by molar-refractivity contribution is 0.547. The molecule has 90 valence electrons. The molecule has 0 spiro atoms. The van der Waals surface area contributed by atoms with Gasteiger partial charge in [0, 0.05) is 23.5 Å². The second-order valence-electron chi connectivity index (χ2n) is 5.25. The minimum absolute atomic E-state index is 0.259. The van der Waals surface area contributed by atoms with E-state index < -0.39 is 0 Å². The first kappa shape index (κ1) is 12.9. The third kappa shape index (κ3) is 4.14. The Hall–Kier alpha value is -1.16. The fraction of sp³-hybridized carbons (Fsp3) is 0.667. The maximum atomic E-state index is 5.90. The van der Waals surface area contributed by atoms with Gasteiger partial charge in [0.05, 0.1) is 0 Å².